The third-order valence-corrected chi connectivity index (χ3v) is 6.53. The molecule has 1 fully saturated rings. The Labute approximate surface area is 204 Å². The lowest BCUT2D eigenvalue weighted by Gasteiger charge is -2.45. The highest BCUT2D eigenvalue weighted by molar-refractivity contribution is 6.32. The Bertz CT molecular complexity index is 1130. The number of anilines is 1. The fourth-order valence-corrected chi connectivity index (χ4v) is 4.75. The molecule has 1 aliphatic heterocycles. The molecule has 0 saturated carbocycles. The molecule has 0 spiro atoms. The van der Waals surface area contributed by atoms with Crippen LogP contribution in [0.3, 0.4) is 0 Å². The van der Waals surface area contributed by atoms with Gasteiger partial charge < -0.3 is 20.1 Å². The largest absolute Gasteiger partial charge is 0.495 e. The second-order valence-corrected chi connectivity index (χ2v) is 8.53. The van der Waals surface area contributed by atoms with Gasteiger partial charge >= 0.3 is 0 Å². The number of benzene rings is 2. The maximum Gasteiger partial charge on any atom is 0.160 e. The smallest absolute Gasteiger partial charge is 0.160 e. The van der Waals surface area contributed by atoms with Crippen molar-refractivity contribution < 1.29 is 9.84 Å². The lowest BCUT2D eigenvalue weighted by Crippen LogP contribution is -2.57. The predicted octanol–water partition coefficient (Wildman–Crippen LogP) is 4.12. The zero-order valence-electron chi connectivity index (χ0n) is 18.4. The van der Waals surface area contributed by atoms with Crippen molar-refractivity contribution in [2.45, 2.75) is 37.4 Å². The number of aliphatic hydroxyl groups excluding tert-OH is 1. The number of fused-ring (bicyclic) bond motifs is 1. The van der Waals surface area contributed by atoms with Crippen molar-refractivity contribution in [1.29, 1.82) is 5.26 Å². The first kappa shape index (κ1) is 25.0. The van der Waals surface area contributed by atoms with Gasteiger partial charge in [0.25, 0.3) is 0 Å². The van der Waals surface area contributed by atoms with Crippen LogP contribution in [0.15, 0.2) is 48.7 Å². The predicted molar refractivity (Wildman–Crippen MR) is 132 cm³/mol. The number of hydrogen-bond donors (Lipinski definition) is 2. The van der Waals surface area contributed by atoms with E-state index in [1.165, 1.54) is 0 Å². The van der Waals surface area contributed by atoms with E-state index in [1.54, 1.807) is 13.3 Å². The molecule has 0 bridgehead atoms. The molecule has 0 aliphatic carbocycles. The van der Waals surface area contributed by atoms with Gasteiger partial charge in [-0.15, -0.1) is 17.5 Å². The number of aliphatic hydroxyl groups is 1. The molecule has 2 heterocycles. The number of ether oxygens (including phenoxy) is 1. The molecule has 2 N–H and O–H groups in total. The third-order valence-electron chi connectivity index (χ3n) is 6.24. The van der Waals surface area contributed by atoms with Gasteiger partial charge in [0.2, 0.25) is 0 Å². The number of aromatic nitrogens is 2. The minimum atomic E-state index is -0.387. The molecule has 4 rings (SSSR count). The van der Waals surface area contributed by atoms with Crippen LogP contribution in [0.4, 0.5) is 5.82 Å². The van der Waals surface area contributed by atoms with Gasteiger partial charge in [0, 0.05) is 36.0 Å². The number of methoxy groups -OCH3 is 1. The standard InChI is InChI=1S/C24H26ClN5O2.ClH/c1-32-22-7-6-17(12-21(22)25)15-27-24(9-11-31)8-10-30(19(13-24)14-26)23-20-5-3-2-4-18(20)16-28-29-23;/h2-7,12,16,19,27,31H,8-11,13,15H2,1H3;1H. The van der Waals surface area contributed by atoms with Gasteiger partial charge in [0.15, 0.2) is 5.82 Å². The lowest BCUT2D eigenvalue weighted by molar-refractivity contribution is 0.169. The van der Waals surface area contributed by atoms with Crippen LogP contribution < -0.4 is 15.0 Å². The van der Waals surface area contributed by atoms with Crippen molar-refractivity contribution >= 4 is 40.6 Å². The molecule has 2 unspecified atom stereocenters. The maximum atomic E-state index is 10.0. The molecule has 3 aromatic rings. The second kappa shape index (κ2) is 11.0. The Morgan fingerprint density at radius 3 is 2.88 bits per heavy atom. The van der Waals surface area contributed by atoms with Crippen LogP contribution in [0, 0.1) is 11.3 Å². The molecular weight excluding hydrogens is 461 g/mol. The van der Waals surface area contributed by atoms with Crippen LogP contribution >= 0.6 is 24.0 Å². The van der Waals surface area contributed by atoms with Crippen LogP contribution in [0.1, 0.15) is 24.8 Å². The van der Waals surface area contributed by atoms with Gasteiger partial charge in [0.1, 0.15) is 11.8 Å². The number of halogens is 2. The molecule has 1 aliphatic rings. The zero-order chi connectivity index (χ0) is 22.6. The number of piperidine rings is 1. The Morgan fingerprint density at radius 2 is 2.15 bits per heavy atom. The van der Waals surface area contributed by atoms with E-state index in [1.807, 2.05) is 47.4 Å². The first-order valence-electron chi connectivity index (χ1n) is 10.6. The highest BCUT2D eigenvalue weighted by atomic mass is 35.5. The first-order valence-corrected chi connectivity index (χ1v) is 11.0. The summed E-state index contributed by atoms with van der Waals surface area (Å²) in [6, 6.07) is 15.7. The Kier molecular flexibility index (Phi) is 8.33. The summed E-state index contributed by atoms with van der Waals surface area (Å²) in [6.45, 7) is 1.26. The molecular formula is C24H27Cl2N5O2. The third kappa shape index (κ3) is 5.31. The van der Waals surface area contributed by atoms with E-state index in [0.29, 0.717) is 36.7 Å². The van der Waals surface area contributed by atoms with Crippen LogP contribution in [0.25, 0.3) is 10.8 Å². The van der Waals surface area contributed by atoms with Gasteiger partial charge in [0.05, 0.1) is 24.4 Å². The van der Waals surface area contributed by atoms with E-state index >= 15 is 0 Å². The van der Waals surface area contributed by atoms with Crippen molar-refractivity contribution in [2.75, 3.05) is 25.2 Å². The Balaban J connectivity index is 0.00000306. The Hall–Kier alpha value is -2.63. The lowest BCUT2D eigenvalue weighted by atomic mass is 9.80. The second-order valence-electron chi connectivity index (χ2n) is 8.12. The molecule has 9 heteroatoms. The number of hydrogen-bond acceptors (Lipinski definition) is 7. The van der Waals surface area contributed by atoms with E-state index in [4.69, 9.17) is 16.3 Å². The maximum absolute atomic E-state index is 10.0. The van der Waals surface area contributed by atoms with E-state index < -0.39 is 0 Å². The molecule has 1 saturated heterocycles. The molecule has 33 heavy (non-hydrogen) atoms. The quantitative estimate of drug-likeness (QED) is 0.517. The van der Waals surface area contributed by atoms with Gasteiger partial charge in [-0.05, 0) is 37.0 Å². The van der Waals surface area contributed by atoms with Gasteiger partial charge in [-0.25, -0.2) is 0 Å². The number of rotatable bonds is 7. The minimum Gasteiger partial charge on any atom is -0.495 e. The summed E-state index contributed by atoms with van der Waals surface area (Å²) < 4.78 is 5.23. The van der Waals surface area contributed by atoms with Crippen LogP contribution in [-0.4, -0.2) is 47.1 Å². The van der Waals surface area contributed by atoms with Crippen LogP contribution in [-0.2, 0) is 6.54 Å². The van der Waals surface area contributed by atoms with Crippen molar-refractivity contribution in [1.82, 2.24) is 15.5 Å². The van der Waals surface area contributed by atoms with E-state index in [0.717, 1.165) is 28.6 Å². The molecule has 0 amide bonds. The SMILES string of the molecule is COc1ccc(CNC2(CCO)CCN(c3nncc4ccccc34)C(C#N)C2)cc1Cl.Cl. The van der Waals surface area contributed by atoms with E-state index in [9.17, 15) is 10.4 Å². The fourth-order valence-electron chi connectivity index (χ4n) is 4.47. The minimum absolute atomic E-state index is 0. The van der Waals surface area contributed by atoms with E-state index in [2.05, 4.69) is 21.6 Å². The highest BCUT2D eigenvalue weighted by Crippen LogP contribution is 2.35. The number of nitriles is 1. The summed E-state index contributed by atoms with van der Waals surface area (Å²) in [6.07, 6.45) is 3.63. The average Bonchev–Trinajstić information content (AvgIpc) is 2.83. The summed E-state index contributed by atoms with van der Waals surface area (Å²) >= 11 is 6.27. The molecule has 174 valence electrons. The van der Waals surface area contributed by atoms with Crippen LogP contribution in [0.2, 0.25) is 5.02 Å². The summed E-state index contributed by atoms with van der Waals surface area (Å²) in [7, 11) is 1.59. The number of nitrogens with one attached hydrogen (secondary N) is 1. The summed E-state index contributed by atoms with van der Waals surface area (Å²) in [5.41, 5.74) is 0.653. The molecule has 0 radical (unpaired) electrons. The molecule has 2 atom stereocenters. The summed E-state index contributed by atoms with van der Waals surface area (Å²) in [4.78, 5) is 2.04. The molecule has 2 aromatic carbocycles. The normalized spacial score (nSPS) is 20.2. The highest BCUT2D eigenvalue weighted by Gasteiger charge is 2.40. The van der Waals surface area contributed by atoms with Crippen molar-refractivity contribution in [3.8, 4) is 11.8 Å². The van der Waals surface area contributed by atoms with Crippen molar-refractivity contribution in [3.63, 3.8) is 0 Å². The van der Waals surface area contributed by atoms with E-state index in [-0.39, 0.29) is 30.6 Å². The molecule has 7 nitrogen and oxygen atoms in total. The van der Waals surface area contributed by atoms with Gasteiger partial charge in [-0.2, -0.15) is 10.4 Å². The zero-order valence-corrected chi connectivity index (χ0v) is 19.9. The van der Waals surface area contributed by atoms with Crippen molar-refractivity contribution in [3.05, 3.63) is 59.2 Å². The average molecular weight is 488 g/mol. The molecule has 1 aromatic heterocycles. The fraction of sp³-hybridized carbons (Fsp3) is 0.375. The topological polar surface area (TPSA) is 94.3 Å². The first-order chi connectivity index (χ1) is 15.6. The Morgan fingerprint density at radius 1 is 1.33 bits per heavy atom. The number of nitrogens with zero attached hydrogens (tertiary/aromatic N) is 4. The summed E-state index contributed by atoms with van der Waals surface area (Å²) in [5, 5.41) is 34.5. The monoisotopic (exact) mass is 487 g/mol. The summed E-state index contributed by atoms with van der Waals surface area (Å²) in [5.74, 6) is 1.36. The van der Waals surface area contributed by atoms with Crippen molar-refractivity contribution in [2.24, 2.45) is 0 Å². The van der Waals surface area contributed by atoms with Gasteiger partial charge in [-0.3, -0.25) is 0 Å². The van der Waals surface area contributed by atoms with Crippen LogP contribution in [0.5, 0.6) is 5.75 Å². The van der Waals surface area contributed by atoms with Gasteiger partial charge in [-0.1, -0.05) is 41.9 Å².